The minimum absolute atomic E-state index is 0.106. The Labute approximate surface area is 115 Å². The van der Waals surface area contributed by atoms with Crippen molar-refractivity contribution in [1.29, 1.82) is 0 Å². The molecular formula is C14H14O6. The zero-order valence-corrected chi connectivity index (χ0v) is 10.9. The van der Waals surface area contributed by atoms with E-state index in [0.717, 1.165) is 17.7 Å². The molecule has 0 aromatic heterocycles. The lowest BCUT2D eigenvalue weighted by Gasteiger charge is -2.04. The summed E-state index contributed by atoms with van der Waals surface area (Å²) in [6, 6.07) is 9.10. The highest BCUT2D eigenvalue weighted by Gasteiger charge is 2.07. The molecular weight excluding hydrogens is 264 g/mol. The van der Waals surface area contributed by atoms with Crippen LogP contribution in [0.4, 0.5) is 0 Å². The third-order valence-electron chi connectivity index (χ3n) is 2.13. The number of hydrogen-bond acceptors (Lipinski definition) is 6. The summed E-state index contributed by atoms with van der Waals surface area (Å²) in [6.07, 6.45) is 1.77. The lowest BCUT2D eigenvalue weighted by Crippen LogP contribution is -2.15. The summed E-state index contributed by atoms with van der Waals surface area (Å²) in [5, 5.41) is 0. The van der Waals surface area contributed by atoms with Crippen LogP contribution in [0.3, 0.4) is 0 Å². The van der Waals surface area contributed by atoms with Gasteiger partial charge in [0.05, 0.1) is 7.11 Å². The molecule has 0 bridgehead atoms. The Balaban J connectivity index is 2.24. The van der Waals surface area contributed by atoms with Gasteiger partial charge >= 0.3 is 17.9 Å². The van der Waals surface area contributed by atoms with Crippen molar-refractivity contribution in [3.63, 3.8) is 0 Å². The van der Waals surface area contributed by atoms with Gasteiger partial charge in [-0.2, -0.15) is 0 Å². The summed E-state index contributed by atoms with van der Waals surface area (Å²) in [4.78, 5) is 33.1. The summed E-state index contributed by atoms with van der Waals surface area (Å²) in [7, 11) is 1.18. The highest BCUT2D eigenvalue weighted by atomic mass is 16.6. The molecule has 6 heteroatoms. The molecule has 0 fully saturated rings. The number of ether oxygens (including phenoxy) is 3. The zero-order chi connectivity index (χ0) is 14.8. The number of carbonyl (C=O) groups excluding carboxylic acids is 3. The summed E-state index contributed by atoms with van der Waals surface area (Å²) in [5.41, 5.74) is 0.831. The second-order valence-corrected chi connectivity index (χ2v) is 3.61. The number of methoxy groups -OCH3 is 1. The molecule has 0 heterocycles. The fourth-order valence-electron chi connectivity index (χ4n) is 1.16. The highest BCUT2D eigenvalue weighted by molar-refractivity contribution is 5.92. The molecule has 0 N–H and O–H groups in total. The monoisotopic (exact) mass is 278 g/mol. The third kappa shape index (κ3) is 6.34. The zero-order valence-electron chi connectivity index (χ0n) is 10.9. The molecule has 0 aliphatic heterocycles. The Bertz CT molecular complexity index is 492. The van der Waals surface area contributed by atoms with Crippen molar-refractivity contribution in [2.24, 2.45) is 0 Å². The van der Waals surface area contributed by atoms with Gasteiger partial charge in [-0.25, -0.2) is 14.4 Å². The lowest BCUT2D eigenvalue weighted by atomic mass is 10.2. The van der Waals surface area contributed by atoms with E-state index in [-0.39, 0.29) is 6.61 Å². The fourth-order valence-corrected chi connectivity index (χ4v) is 1.16. The first-order valence-electron chi connectivity index (χ1n) is 5.74. The van der Waals surface area contributed by atoms with Crippen LogP contribution in [0.2, 0.25) is 0 Å². The standard InChI is InChI=1S/C14H14O6/c1-18-12(15)7-8-13(16)20-10-14(17)19-9-11-5-3-2-4-6-11/h2-8H,9-10H2,1H3/b8-7+. The van der Waals surface area contributed by atoms with Crippen LogP contribution in [-0.2, 0) is 35.2 Å². The van der Waals surface area contributed by atoms with Crippen LogP contribution in [0.5, 0.6) is 0 Å². The number of carbonyl (C=O) groups is 3. The van der Waals surface area contributed by atoms with Crippen molar-refractivity contribution in [1.82, 2.24) is 0 Å². The Morgan fingerprint density at radius 2 is 1.65 bits per heavy atom. The minimum atomic E-state index is -0.827. The molecule has 6 nitrogen and oxygen atoms in total. The van der Waals surface area contributed by atoms with Crippen LogP contribution >= 0.6 is 0 Å². The maximum absolute atomic E-state index is 11.3. The molecule has 0 atom stereocenters. The number of benzene rings is 1. The summed E-state index contributed by atoms with van der Waals surface area (Å²) >= 11 is 0. The van der Waals surface area contributed by atoms with Gasteiger partial charge in [0, 0.05) is 12.2 Å². The van der Waals surface area contributed by atoms with Crippen LogP contribution < -0.4 is 0 Å². The van der Waals surface area contributed by atoms with E-state index >= 15 is 0 Å². The number of esters is 3. The second-order valence-electron chi connectivity index (χ2n) is 3.61. The van der Waals surface area contributed by atoms with Gasteiger partial charge in [0.1, 0.15) is 6.61 Å². The predicted molar refractivity (Wildman–Crippen MR) is 68.4 cm³/mol. The van der Waals surface area contributed by atoms with Crippen molar-refractivity contribution in [2.75, 3.05) is 13.7 Å². The highest BCUT2D eigenvalue weighted by Crippen LogP contribution is 2.00. The molecule has 0 radical (unpaired) electrons. The minimum Gasteiger partial charge on any atom is -0.466 e. The molecule has 0 unspecified atom stereocenters. The van der Waals surface area contributed by atoms with Crippen LogP contribution in [0.15, 0.2) is 42.5 Å². The van der Waals surface area contributed by atoms with E-state index in [1.54, 1.807) is 12.1 Å². The molecule has 106 valence electrons. The van der Waals surface area contributed by atoms with Gasteiger partial charge in [-0.05, 0) is 5.56 Å². The average molecular weight is 278 g/mol. The van der Waals surface area contributed by atoms with E-state index < -0.39 is 24.5 Å². The smallest absolute Gasteiger partial charge is 0.344 e. The van der Waals surface area contributed by atoms with E-state index in [1.165, 1.54) is 7.11 Å². The Hall–Kier alpha value is -2.63. The van der Waals surface area contributed by atoms with Crippen LogP contribution in [-0.4, -0.2) is 31.6 Å². The van der Waals surface area contributed by atoms with Gasteiger partial charge in [-0.1, -0.05) is 30.3 Å². The van der Waals surface area contributed by atoms with E-state index in [9.17, 15) is 14.4 Å². The van der Waals surface area contributed by atoms with E-state index in [2.05, 4.69) is 9.47 Å². The Morgan fingerprint density at radius 1 is 1.00 bits per heavy atom. The molecule has 0 spiro atoms. The Kier molecular flexibility index (Phi) is 6.53. The first kappa shape index (κ1) is 15.4. The van der Waals surface area contributed by atoms with E-state index in [0.29, 0.717) is 0 Å². The summed E-state index contributed by atoms with van der Waals surface area (Å²) < 4.78 is 13.8. The normalized spacial score (nSPS) is 10.1. The molecule has 0 aliphatic carbocycles. The molecule has 0 saturated carbocycles. The third-order valence-corrected chi connectivity index (χ3v) is 2.13. The van der Waals surface area contributed by atoms with Crippen LogP contribution in [0, 0.1) is 0 Å². The van der Waals surface area contributed by atoms with Gasteiger partial charge in [0.25, 0.3) is 0 Å². The molecule has 1 aromatic carbocycles. The largest absolute Gasteiger partial charge is 0.466 e. The lowest BCUT2D eigenvalue weighted by molar-refractivity contribution is -0.157. The SMILES string of the molecule is COC(=O)/C=C/C(=O)OCC(=O)OCc1ccccc1. The summed E-state index contributed by atoms with van der Waals surface area (Å²) in [5.74, 6) is -2.19. The first-order valence-corrected chi connectivity index (χ1v) is 5.74. The van der Waals surface area contributed by atoms with Crippen molar-refractivity contribution in [3.8, 4) is 0 Å². The van der Waals surface area contributed by atoms with Gasteiger partial charge in [0.15, 0.2) is 6.61 Å². The first-order chi connectivity index (χ1) is 9.61. The molecule has 1 aromatic rings. The molecule has 20 heavy (non-hydrogen) atoms. The number of rotatable bonds is 6. The molecule has 0 saturated heterocycles. The van der Waals surface area contributed by atoms with Crippen LogP contribution in [0.25, 0.3) is 0 Å². The quantitative estimate of drug-likeness (QED) is 0.439. The van der Waals surface area contributed by atoms with Crippen molar-refractivity contribution < 1.29 is 28.6 Å². The maximum Gasteiger partial charge on any atom is 0.344 e. The average Bonchev–Trinajstić information content (AvgIpc) is 2.49. The van der Waals surface area contributed by atoms with Crippen LogP contribution in [0.1, 0.15) is 5.56 Å². The van der Waals surface area contributed by atoms with E-state index in [4.69, 9.17) is 4.74 Å². The van der Waals surface area contributed by atoms with Gasteiger partial charge in [-0.15, -0.1) is 0 Å². The molecule has 0 amide bonds. The van der Waals surface area contributed by atoms with Gasteiger partial charge in [-0.3, -0.25) is 0 Å². The van der Waals surface area contributed by atoms with Crippen molar-refractivity contribution in [2.45, 2.75) is 6.61 Å². The van der Waals surface area contributed by atoms with Gasteiger partial charge < -0.3 is 14.2 Å². The fraction of sp³-hybridized carbons (Fsp3) is 0.214. The molecule has 1 rings (SSSR count). The predicted octanol–water partition coefficient (Wildman–Crippen LogP) is 1.00. The summed E-state index contributed by atoms with van der Waals surface area (Å²) in [6.45, 7) is -0.410. The number of hydrogen-bond donors (Lipinski definition) is 0. The van der Waals surface area contributed by atoms with Gasteiger partial charge in [0.2, 0.25) is 0 Å². The van der Waals surface area contributed by atoms with Crippen molar-refractivity contribution >= 4 is 17.9 Å². The van der Waals surface area contributed by atoms with E-state index in [1.807, 2.05) is 18.2 Å². The topological polar surface area (TPSA) is 78.9 Å². The maximum atomic E-state index is 11.3. The molecule has 0 aliphatic rings. The van der Waals surface area contributed by atoms with Crippen molar-refractivity contribution in [3.05, 3.63) is 48.0 Å². The second kappa shape index (κ2) is 8.47. The Morgan fingerprint density at radius 3 is 2.30 bits per heavy atom.